The van der Waals surface area contributed by atoms with Crippen LogP contribution in [0.3, 0.4) is 0 Å². The first-order valence-electron chi connectivity index (χ1n) is 10.1. The zero-order chi connectivity index (χ0) is 21.2. The SMILES string of the molecule is O=C(NCc1ccc(-c2ccc3c(c2)CCO3)cc1)NCc1cn2cc(Cl)ccc2n1. The van der Waals surface area contributed by atoms with Gasteiger partial charge >= 0.3 is 6.03 Å². The topological polar surface area (TPSA) is 67.7 Å². The highest BCUT2D eigenvalue weighted by atomic mass is 35.5. The number of nitrogens with zero attached hydrogens (tertiary/aromatic N) is 2. The van der Waals surface area contributed by atoms with Crippen LogP contribution in [0.1, 0.15) is 16.8 Å². The molecule has 0 aliphatic carbocycles. The summed E-state index contributed by atoms with van der Waals surface area (Å²) in [6, 6.07) is 17.9. The molecule has 7 heteroatoms. The van der Waals surface area contributed by atoms with Crippen LogP contribution in [0.2, 0.25) is 5.02 Å². The first-order chi connectivity index (χ1) is 15.1. The highest BCUT2D eigenvalue weighted by molar-refractivity contribution is 6.30. The predicted octanol–water partition coefficient (Wildman–Crippen LogP) is 4.59. The van der Waals surface area contributed by atoms with E-state index in [0.717, 1.165) is 41.2 Å². The monoisotopic (exact) mass is 432 g/mol. The zero-order valence-electron chi connectivity index (χ0n) is 16.8. The van der Waals surface area contributed by atoms with Crippen LogP contribution in [-0.4, -0.2) is 22.0 Å². The average Bonchev–Trinajstić information content (AvgIpc) is 3.42. The molecule has 0 spiro atoms. The van der Waals surface area contributed by atoms with Gasteiger partial charge in [-0.25, -0.2) is 9.78 Å². The summed E-state index contributed by atoms with van der Waals surface area (Å²) in [6.07, 6.45) is 4.60. The third-order valence-electron chi connectivity index (χ3n) is 5.32. The molecule has 2 aromatic heterocycles. The lowest BCUT2D eigenvalue weighted by molar-refractivity contribution is 0.240. The Morgan fingerprint density at radius 2 is 1.81 bits per heavy atom. The molecule has 2 N–H and O–H groups in total. The Kier molecular flexibility index (Phi) is 5.22. The van der Waals surface area contributed by atoms with E-state index in [1.54, 1.807) is 12.3 Å². The number of rotatable bonds is 5. The van der Waals surface area contributed by atoms with E-state index in [0.29, 0.717) is 18.1 Å². The van der Waals surface area contributed by atoms with Gasteiger partial charge in [0.1, 0.15) is 11.4 Å². The average molecular weight is 433 g/mol. The van der Waals surface area contributed by atoms with Gasteiger partial charge in [0.15, 0.2) is 0 Å². The molecule has 3 heterocycles. The Labute approximate surface area is 184 Å². The summed E-state index contributed by atoms with van der Waals surface area (Å²) in [6.45, 7) is 1.55. The number of ether oxygens (including phenoxy) is 1. The second kappa shape index (κ2) is 8.32. The summed E-state index contributed by atoms with van der Waals surface area (Å²) in [5.41, 5.74) is 6.17. The Hall–Kier alpha value is -3.51. The maximum absolute atomic E-state index is 12.2. The molecule has 0 radical (unpaired) electrons. The molecule has 4 aromatic rings. The second-order valence-corrected chi connectivity index (χ2v) is 7.94. The van der Waals surface area contributed by atoms with Gasteiger partial charge in [-0.1, -0.05) is 41.9 Å². The van der Waals surface area contributed by atoms with Crippen LogP contribution in [0, 0.1) is 0 Å². The maximum atomic E-state index is 12.2. The van der Waals surface area contributed by atoms with Crippen LogP contribution in [0.5, 0.6) is 5.75 Å². The molecule has 0 bridgehead atoms. The van der Waals surface area contributed by atoms with Crippen molar-refractivity contribution in [1.82, 2.24) is 20.0 Å². The van der Waals surface area contributed by atoms with Crippen LogP contribution in [0.25, 0.3) is 16.8 Å². The first kappa shape index (κ1) is 19.5. The number of carbonyl (C=O) groups is 1. The molecular weight excluding hydrogens is 412 g/mol. The summed E-state index contributed by atoms with van der Waals surface area (Å²) >= 11 is 5.99. The molecule has 156 valence electrons. The molecule has 6 nitrogen and oxygen atoms in total. The number of hydrogen-bond acceptors (Lipinski definition) is 3. The van der Waals surface area contributed by atoms with E-state index in [1.165, 1.54) is 11.1 Å². The first-order valence-corrected chi connectivity index (χ1v) is 10.5. The third-order valence-corrected chi connectivity index (χ3v) is 5.55. The number of aromatic nitrogens is 2. The lowest BCUT2D eigenvalue weighted by Gasteiger charge is -2.08. The van der Waals surface area contributed by atoms with Crippen LogP contribution >= 0.6 is 11.6 Å². The molecular formula is C24H21ClN4O2. The summed E-state index contributed by atoms with van der Waals surface area (Å²) in [7, 11) is 0. The lowest BCUT2D eigenvalue weighted by atomic mass is 10.0. The number of halogens is 1. The normalized spacial score (nSPS) is 12.4. The smallest absolute Gasteiger partial charge is 0.315 e. The second-order valence-electron chi connectivity index (χ2n) is 7.50. The number of carbonyl (C=O) groups excluding carboxylic acids is 1. The van der Waals surface area contributed by atoms with Crippen molar-refractivity contribution in [2.45, 2.75) is 19.5 Å². The number of hydrogen-bond donors (Lipinski definition) is 2. The largest absolute Gasteiger partial charge is 0.493 e. The summed E-state index contributed by atoms with van der Waals surface area (Å²) in [5.74, 6) is 0.989. The molecule has 0 fully saturated rings. The number of nitrogens with one attached hydrogen (secondary N) is 2. The van der Waals surface area contributed by atoms with Crippen molar-refractivity contribution in [3.05, 3.63) is 88.8 Å². The van der Waals surface area contributed by atoms with Crippen molar-refractivity contribution in [2.75, 3.05) is 6.61 Å². The van der Waals surface area contributed by atoms with Crippen molar-refractivity contribution in [1.29, 1.82) is 0 Å². The van der Waals surface area contributed by atoms with Crippen molar-refractivity contribution in [2.24, 2.45) is 0 Å². The van der Waals surface area contributed by atoms with E-state index in [9.17, 15) is 4.79 Å². The molecule has 1 aliphatic heterocycles. The number of urea groups is 1. The standard InChI is InChI=1S/C24H21ClN4O2/c25-20-6-8-23-28-21(15-29(23)14-20)13-27-24(30)26-12-16-1-3-17(4-2-16)18-5-7-22-19(11-18)9-10-31-22/h1-8,11,14-15H,9-10,12-13H2,(H2,26,27,30). The number of amides is 2. The van der Waals surface area contributed by atoms with Crippen molar-refractivity contribution in [3.8, 4) is 16.9 Å². The van der Waals surface area contributed by atoms with Crippen LogP contribution in [0.15, 0.2) is 67.0 Å². The number of fused-ring (bicyclic) bond motifs is 2. The van der Waals surface area contributed by atoms with E-state index in [2.05, 4.69) is 39.9 Å². The molecule has 0 unspecified atom stereocenters. The fourth-order valence-electron chi connectivity index (χ4n) is 3.70. The van der Waals surface area contributed by atoms with Gasteiger partial charge in [-0.3, -0.25) is 0 Å². The van der Waals surface area contributed by atoms with Crippen molar-refractivity contribution < 1.29 is 9.53 Å². The number of benzene rings is 2. The van der Waals surface area contributed by atoms with E-state index in [1.807, 2.05) is 34.9 Å². The van der Waals surface area contributed by atoms with Gasteiger partial charge in [0.05, 0.1) is 23.9 Å². The molecule has 1 aliphatic rings. The molecule has 0 atom stereocenters. The van der Waals surface area contributed by atoms with E-state index < -0.39 is 0 Å². The minimum absolute atomic E-state index is 0.238. The number of imidazole rings is 1. The Morgan fingerprint density at radius 3 is 2.68 bits per heavy atom. The van der Waals surface area contributed by atoms with E-state index in [4.69, 9.17) is 16.3 Å². The Morgan fingerprint density at radius 1 is 1.00 bits per heavy atom. The van der Waals surface area contributed by atoms with E-state index in [-0.39, 0.29) is 6.03 Å². The fraction of sp³-hybridized carbons (Fsp3) is 0.167. The highest BCUT2D eigenvalue weighted by Gasteiger charge is 2.12. The Balaban J connectivity index is 1.14. The van der Waals surface area contributed by atoms with Crippen LogP contribution in [-0.2, 0) is 19.5 Å². The van der Waals surface area contributed by atoms with Gasteiger partial charge in [0.25, 0.3) is 0 Å². The minimum atomic E-state index is -0.238. The van der Waals surface area contributed by atoms with E-state index >= 15 is 0 Å². The molecule has 2 amide bonds. The van der Waals surface area contributed by atoms with Gasteiger partial charge in [-0.05, 0) is 46.5 Å². The molecule has 31 heavy (non-hydrogen) atoms. The zero-order valence-corrected chi connectivity index (χ0v) is 17.5. The third kappa shape index (κ3) is 4.34. The quantitative estimate of drug-likeness (QED) is 0.484. The van der Waals surface area contributed by atoms with Crippen LogP contribution < -0.4 is 15.4 Å². The molecule has 5 rings (SSSR count). The Bertz CT molecular complexity index is 1250. The summed E-state index contributed by atoms with van der Waals surface area (Å²) < 4.78 is 7.41. The predicted molar refractivity (Wildman–Crippen MR) is 120 cm³/mol. The van der Waals surface area contributed by atoms with Crippen molar-refractivity contribution in [3.63, 3.8) is 0 Å². The molecule has 0 saturated heterocycles. The van der Waals surface area contributed by atoms with Gasteiger partial charge < -0.3 is 19.8 Å². The number of pyridine rings is 1. The van der Waals surface area contributed by atoms with Gasteiger partial charge in [-0.2, -0.15) is 0 Å². The van der Waals surface area contributed by atoms with Gasteiger partial charge in [-0.15, -0.1) is 0 Å². The molecule has 0 saturated carbocycles. The van der Waals surface area contributed by atoms with Gasteiger partial charge in [0, 0.05) is 25.4 Å². The molecule has 2 aromatic carbocycles. The van der Waals surface area contributed by atoms with Crippen molar-refractivity contribution >= 4 is 23.3 Å². The fourth-order valence-corrected chi connectivity index (χ4v) is 3.87. The minimum Gasteiger partial charge on any atom is -0.493 e. The van der Waals surface area contributed by atoms with Gasteiger partial charge in [0.2, 0.25) is 0 Å². The van der Waals surface area contributed by atoms with Crippen LogP contribution in [0.4, 0.5) is 4.79 Å². The summed E-state index contributed by atoms with van der Waals surface area (Å²) in [5, 5.41) is 6.36. The highest BCUT2D eigenvalue weighted by Crippen LogP contribution is 2.30. The maximum Gasteiger partial charge on any atom is 0.315 e. The summed E-state index contributed by atoms with van der Waals surface area (Å²) in [4.78, 5) is 16.6. The lowest BCUT2D eigenvalue weighted by Crippen LogP contribution is -2.34.